The summed E-state index contributed by atoms with van der Waals surface area (Å²) in [7, 11) is 0. The number of nitrogens with zero attached hydrogens (tertiary/aromatic N) is 2. The van der Waals surface area contributed by atoms with Gasteiger partial charge in [0, 0.05) is 11.7 Å². The summed E-state index contributed by atoms with van der Waals surface area (Å²) in [6, 6.07) is 9.30. The summed E-state index contributed by atoms with van der Waals surface area (Å²) in [5.74, 6) is 0.203. The second-order valence-electron chi connectivity index (χ2n) is 5.07. The molecule has 0 atom stereocenters. The van der Waals surface area contributed by atoms with E-state index in [0.717, 1.165) is 18.5 Å². The van der Waals surface area contributed by atoms with Crippen LogP contribution in [0.3, 0.4) is 0 Å². The van der Waals surface area contributed by atoms with Gasteiger partial charge in [-0.15, -0.1) is 0 Å². The van der Waals surface area contributed by atoms with Crippen LogP contribution in [0, 0.1) is 6.92 Å². The van der Waals surface area contributed by atoms with Gasteiger partial charge < -0.3 is 10.6 Å². The molecule has 1 aliphatic carbocycles. The van der Waals surface area contributed by atoms with Crippen LogP contribution in [0.1, 0.15) is 29.0 Å². The Morgan fingerprint density at radius 3 is 2.76 bits per heavy atom. The first kappa shape index (κ1) is 13.8. The highest BCUT2D eigenvalue weighted by atomic mass is 35.5. The maximum atomic E-state index is 12.1. The lowest BCUT2D eigenvalue weighted by molar-refractivity contribution is 0.0946. The minimum absolute atomic E-state index is 0.162. The molecule has 2 aromatic rings. The van der Waals surface area contributed by atoms with Crippen LogP contribution in [0.25, 0.3) is 0 Å². The summed E-state index contributed by atoms with van der Waals surface area (Å²) in [6.45, 7) is 1.83. The molecule has 0 unspecified atom stereocenters. The molecule has 1 heterocycles. The predicted molar refractivity (Wildman–Crippen MR) is 82.0 cm³/mol. The summed E-state index contributed by atoms with van der Waals surface area (Å²) in [5.41, 5.74) is 1.79. The molecule has 1 amide bonds. The average molecular weight is 303 g/mol. The molecule has 0 aliphatic heterocycles. The molecule has 0 saturated heterocycles. The third-order valence-corrected chi connectivity index (χ3v) is 3.45. The zero-order valence-corrected chi connectivity index (χ0v) is 12.3. The Hall–Kier alpha value is -2.14. The Bertz CT molecular complexity index is 685. The Balaban J connectivity index is 1.83. The number of carbonyl (C=O) groups is 1. The van der Waals surface area contributed by atoms with Crippen LogP contribution in [-0.2, 0) is 0 Å². The smallest absolute Gasteiger partial charge is 0.270 e. The molecule has 1 saturated carbocycles. The molecule has 21 heavy (non-hydrogen) atoms. The molecule has 0 spiro atoms. The predicted octanol–water partition coefficient (Wildman–Crippen LogP) is 3.07. The first-order valence-electron chi connectivity index (χ1n) is 6.80. The highest BCUT2D eigenvalue weighted by Crippen LogP contribution is 2.23. The van der Waals surface area contributed by atoms with Gasteiger partial charge in [-0.2, -0.15) is 0 Å². The summed E-state index contributed by atoms with van der Waals surface area (Å²) in [4.78, 5) is 20.6. The summed E-state index contributed by atoms with van der Waals surface area (Å²) >= 11 is 6.10. The van der Waals surface area contributed by atoms with Gasteiger partial charge >= 0.3 is 0 Å². The van der Waals surface area contributed by atoms with E-state index in [2.05, 4.69) is 20.6 Å². The monoisotopic (exact) mass is 302 g/mol. The molecular formula is C15H15ClN4O. The molecule has 108 valence electrons. The normalized spacial score (nSPS) is 13.8. The fraction of sp³-hybridized carbons (Fsp3) is 0.267. The number of para-hydroxylation sites is 1. The largest absolute Gasteiger partial charge is 0.348 e. The van der Waals surface area contributed by atoms with Gasteiger partial charge in [0.15, 0.2) is 0 Å². The van der Waals surface area contributed by atoms with Crippen molar-refractivity contribution in [2.24, 2.45) is 0 Å². The van der Waals surface area contributed by atoms with Crippen molar-refractivity contribution in [3.05, 3.63) is 46.7 Å². The molecule has 1 aliphatic rings. The third kappa shape index (κ3) is 3.49. The van der Waals surface area contributed by atoms with Crippen molar-refractivity contribution in [1.82, 2.24) is 15.3 Å². The summed E-state index contributed by atoms with van der Waals surface area (Å²) in [6.07, 6.45) is 2.08. The maximum absolute atomic E-state index is 12.1. The standard InChI is InChI=1S/C15H15ClN4O/c1-9-8-13(14(21)18-10-6-7-10)20-15(17-9)19-12-5-3-2-4-11(12)16/h2-5,8,10H,6-7H2,1H3,(H,18,21)(H,17,19,20). The molecule has 5 nitrogen and oxygen atoms in total. The van der Waals surface area contributed by atoms with Crippen LogP contribution in [-0.4, -0.2) is 21.9 Å². The number of aromatic nitrogens is 2. The molecule has 0 bridgehead atoms. The van der Waals surface area contributed by atoms with Gasteiger partial charge in [-0.05, 0) is 38.0 Å². The highest BCUT2D eigenvalue weighted by Gasteiger charge is 2.24. The van der Waals surface area contributed by atoms with E-state index in [1.165, 1.54) is 0 Å². The van der Waals surface area contributed by atoms with Gasteiger partial charge in [0.05, 0.1) is 10.7 Å². The Morgan fingerprint density at radius 1 is 1.29 bits per heavy atom. The van der Waals surface area contributed by atoms with E-state index in [1.807, 2.05) is 25.1 Å². The topological polar surface area (TPSA) is 66.9 Å². The van der Waals surface area contributed by atoms with Gasteiger partial charge in [-0.1, -0.05) is 23.7 Å². The van der Waals surface area contributed by atoms with Crippen molar-refractivity contribution in [1.29, 1.82) is 0 Å². The second kappa shape index (κ2) is 5.69. The SMILES string of the molecule is Cc1cc(C(=O)NC2CC2)nc(Nc2ccccc2Cl)n1. The van der Waals surface area contributed by atoms with Crippen LogP contribution in [0.2, 0.25) is 5.02 Å². The van der Waals surface area contributed by atoms with E-state index in [4.69, 9.17) is 11.6 Å². The number of hydrogen-bond acceptors (Lipinski definition) is 4. The number of rotatable bonds is 4. The third-order valence-electron chi connectivity index (χ3n) is 3.12. The second-order valence-corrected chi connectivity index (χ2v) is 5.48. The van der Waals surface area contributed by atoms with E-state index in [-0.39, 0.29) is 5.91 Å². The summed E-state index contributed by atoms with van der Waals surface area (Å²) in [5, 5.41) is 6.54. The first-order chi connectivity index (χ1) is 10.1. The van der Waals surface area contributed by atoms with Crippen molar-refractivity contribution in [3.63, 3.8) is 0 Å². The van der Waals surface area contributed by atoms with Gasteiger partial charge in [-0.25, -0.2) is 9.97 Å². The molecule has 6 heteroatoms. The van der Waals surface area contributed by atoms with Crippen LogP contribution >= 0.6 is 11.6 Å². The van der Waals surface area contributed by atoms with Gasteiger partial charge in [0.25, 0.3) is 5.91 Å². The van der Waals surface area contributed by atoms with Gasteiger partial charge in [0.1, 0.15) is 5.69 Å². The minimum atomic E-state index is -0.162. The van der Waals surface area contributed by atoms with Gasteiger partial charge in [-0.3, -0.25) is 4.79 Å². The minimum Gasteiger partial charge on any atom is -0.348 e. The number of hydrogen-bond donors (Lipinski definition) is 2. The number of carbonyl (C=O) groups excluding carboxylic acids is 1. The maximum Gasteiger partial charge on any atom is 0.270 e. The van der Waals surface area contributed by atoms with Crippen molar-refractivity contribution in [3.8, 4) is 0 Å². The number of nitrogens with one attached hydrogen (secondary N) is 2. The molecule has 1 aromatic carbocycles. The number of anilines is 2. The fourth-order valence-corrected chi connectivity index (χ4v) is 2.09. The average Bonchev–Trinajstić information content (AvgIpc) is 3.25. The zero-order chi connectivity index (χ0) is 14.8. The Morgan fingerprint density at radius 2 is 2.05 bits per heavy atom. The molecule has 0 radical (unpaired) electrons. The van der Waals surface area contributed by atoms with Crippen LogP contribution in [0.15, 0.2) is 30.3 Å². The molecular weight excluding hydrogens is 288 g/mol. The van der Waals surface area contributed by atoms with Crippen molar-refractivity contribution in [2.75, 3.05) is 5.32 Å². The first-order valence-corrected chi connectivity index (χ1v) is 7.18. The van der Waals surface area contributed by atoms with Crippen molar-refractivity contribution < 1.29 is 4.79 Å². The van der Waals surface area contributed by atoms with E-state index in [1.54, 1.807) is 12.1 Å². The molecule has 3 rings (SSSR count). The lowest BCUT2D eigenvalue weighted by Gasteiger charge is -2.09. The van der Waals surface area contributed by atoms with Crippen LogP contribution in [0.4, 0.5) is 11.6 Å². The number of amides is 1. The Labute approximate surface area is 127 Å². The molecule has 1 aromatic heterocycles. The quantitative estimate of drug-likeness (QED) is 0.911. The fourth-order valence-electron chi connectivity index (χ4n) is 1.91. The zero-order valence-electron chi connectivity index (χ0n) is 11.6. The number of halogens is 1. The van der Waals surface area contributed by atoms with Gasteiger partial charge in [0.2, 0.25) is 5.95 Å². The number of benzene rings is 1. The van der Waals surface area contributed by atoms with E-state index in [9.17, 15) is 4.79 Å². The summed E-state index contributed by atoms with van der Waals surface area (Å²) < 4.78 is 0. The van der Waals surface area contributed by atoms with Crippen LogP contribution < -0.4 is 10.6 Å². The van der Waals surface area contributed by atoms with Crippen molar-refractivity contribution in [2.45, 2.75) is 25.8 Å². The lowest BCUT2D eigenvalue weighted by Crippen LogP contribution is -2.26. The van der Waals surface area contributed by atoms with E-state index >= 15 is 0 Å². The Kier molecular flexibility index (Phi) is 3.75. The highest BCUT2D eigenvalue weighted by molar-refractivity contribution is 6.33. The number of aryl methyl sites for hydroxylation is 1. The van der Waals surface area contributed by atoms with E-state index in [0.29, 0.717) is 28.4 Å². The van der Waals surface area contributed by atoms with Crippen LogP contribution in [0.5, 0.6) is 0 Å². The lowest BCUT2D eigenvalue weighted by atomic mass is 10.3. The molecule has 2 N–H and O–H groups in total. The molecule has 1 fully saturated rings. The van der Waals surface area contributed by atoms with E-state index < -0.39 is 0 Å². The van der Waals surface area contributed by atoms with Crippen molar-refractivity contribution >= 4 is 29.1 Å².